The van der Waals surface area contributed by atoms with Gasteiger partial charge in [-0.3, -0.25) is 0 Å². The lowest BCUT2D eigenvalue weighted by molar-refractivity contribution is 0.0594. The molecule has 0 radical (unpaired) electrons. The second-order valence-electron chi connectivity index (χ2n) is 6.23. The molecule has 7 heteroatoms. The molecule has 1 aromatic heterocycles. The second kappa shape index (κ2) is 7.23. The van der Waals surface area contributed by atoms with Crippen LogP contribution in [0.15, 0.2) is 23.6 Å². The van der Waals surface area contributed by atoms with Gasteiger partial charge < -0.3 is 15.0 Å². The summed E-state index contributed by atoms with van der Waals surface area (Å²) in [5.41, 5.74) is 3.29. The van der Waals surface area contributed by atoms with Crippen molar-refractivity contribution < 1.29 is 14.3 Å². The summed E-state index contributed by atoms with van der Waals surface area (Å²) in [7, 11) is 1.33. The number of aromatic nitrogens is 1. The van der Waals surface area contributed by atoms with Gasteiger partial charge in [0.2, 0.25) is 0 Å². The Kier molecular flexibility index (Phi) is 5.03. The molecule has 1 heterocycles. The topological polar surface area (TPSA) is 71.5 Å². The van der Waals surface area contributed by atoms with Crippen molar-refractivity contribution in [3.05, 3.63) is 45.4 Å². The first kappa shape index (κ1) is 17.4. The maximum atomic E-state index is 12.7. The molecule has 1 aliphatic carbocycles. The summed E-state index contributed by atoms with van der Waals surface area (Å²) in [6.07, 6.45) is 1.99. The van der Waals surface area contributed by atoms with Gasteiger partial charge in [0.05, 0.1) is 13.7 Å². The number of rotatable bonds is 5. The molecule has 1 aliphatic rings. The maximum absolute atomic E-state index is 12.7. The van der Waals surface area contributed by atoms with Gasteiger partial charge in [-0.05, 0) is 38.3 Å². The van der Waals surface area contributed by atoms with Crippen molar-refractivity contribution in [2.75, 3.05) is 12.4 Å². The molecule has 2 aromatic rings. The van der Waals surface area contributed by atoms with E-state index in [0.29, 0.717) is 6.54 Å². The summed E-state index contributed by atoms with van der Waals surface area (Å²) in [5.74, 6) is -0.458. The third kappa shape index (κ3) is 4.17. The molecule has 1 fully saturated rings. The highest BCUT2D eigenvalue weighted by molar-refractivity contribution is 7.09. The van der Waals surface area contributed by atoms with Crippen molar-refractivity contribution in [1.82, 2.24) is 9.88 Å². The molecule has 2 amide bonds. The number of thiazole rings is 1. The Labute approximate surface area is 150 Å². The molecule has 0 bridgehead atoms. The summed E-state index contributed by atoms with van der Waals surface area (Å²) in [6.45, 7) is 4.40. The van der Waals surface area contributed by atoms with Gasteiger partial charge in [0.15, 0.2) is 5.69 Å². The Balaban J connectivity index is 1.71. The van der Waals surface area contributed by atoms with E-state index in [9.17, 15) is 9.59 Å². The number of urea groups is 1. The largest absolute Gasteiger partial charge is 0.464 e. The van der Waals surface area contributed by atoms with Crippen LogP contribution >= 0.6 is 11.3 Å². The lowest BCUT2D eigenvalue weighted by Gasteiger charge is -2.22. The van der Waals surface area contributed by atoms with Gasteiger partial charge in [-0.15, -0.1) is 11.3 Å². The summed E-state index contributed by atoms with van der Waals surface area (Å²) < 4.78 is 4.68. The number of ether oxygens (including phenoxy) is 1. The summed E-state index contributed by atoms with van der Waals surface area (Å²) in [6, 6.07) is 6.04. The average Bonchev–Trinajstić information content (AvgIpc) is 3.32. The lowest BCUT2D eigenvalue weighted by Crippen LogP contribution is -2.36. The SMILES string of the molecule is COC(=O)c1csc(CN(C(=O)Nc2ccc(C)cc2C)C2CC2)n1. The number of hydrogen-bond donors (Lipinski definition) is 1. The molecular formula is C18H21N3O3S. The predicted octanol–water partition coefficient (Wildman–Crippen LogP) is 3.74. The normalized spacial score (nSPS) is 13.4. The van der Waals surface area contributed by atoms with E-state index >= 15 is 0 Å². The monoisotopic (exact) mass is 359 g/mol. The van der Waals surface area contributed by atoms with Crippen LogP contribution in [0.4, 0.5) is 10.5 Å². The van der Waals surface area contributed by atoms with Crippen LogP contribution in [-0.4, -0.2) is 35.0 Å². The number of methoxy groups -OCH3 is 1. The van der Waals surface area contributed by atoms with E-state index in [1.54, 1.807) is 10.3 Å². The fourth-order valence-electron chi connectivity index (χ4n) is 2.62. The van der Waals surface area contributed by atoms with Crippen molar-refractivity contribution in [2.45, 2.75) is 39.3 Å². The Morgan fingerprint density at radius 2 is 2.12 bits per heavy atom. The smallest absolute Gasteiger partial charge is 0.357 e. The first-order valence-corrected chi connectivity index (χ1v) is 9.03. The van der Waals surface area contributed by atoms with Gasteiger partial charge in [-0.25, -0.2) is 14.6 Å². The standard InChI is InChI=1S/C18H21N3O3S/c1-11-4-7-14(12(2)8-11)20-18(23)21(13-5-6-13)9-16-19-15(10-25-16)17(22)24-3/h4,7-8,10,13H,5-6,9H2,1-3H3,(H,20,23). The first-order valence-electron chi connectivity index (χ1n) is 8.15. The highest BCUT2D eigenvalue weighted by Crippen LogP contribution is 2.30. The quantitative estimate of drug-likeness (QED) is 0.826. The third-order valence-electron chi connectivity index (χ3n) is 4.12. The van der Waals surface area contributed by atoms with Gasteiger partial charge in [0.1, 0.15) is 5.01 Å². The number of amides is 2. The van der Waals surface area contributed by atoms with Gasteiger partial charge in [-0.1, -0.05) is 17.7 Å². The van der Waals surface area contributed by atoms with Crippen LogP contribution in [-0.2, 0) is 11.3 Å². The fraction of sp³-hybridized carbons (Fsp3) is 0.389. The van der Waals surface area contributed by atoms with Crippen molar-refractivity contribution in [3.8, 4) is 0 Å². The Morgan fingerprint density at radius 3 is 2.76 bits per heavy atom. The molecule has 0 spiro atoms. The van der Waals surface area contributed by atoms with Crippen LogP contribution in [0.1, 0.15) is 39.5 Å². The number of carbonyl (C=O) groups is 2. The van der Waals surface area contributed by atoms with E-state index in [0.717, 1.165) is 34.7 Å². The van der Waals surface area contributed by atoms with Crippen molar-refractivity contribution >= 4 is 29.0 Å². The number of carbonyl (C=O) groups excluding carboxylic acids is 2. The van der Waals surface area contributed by atoms with Crippen LogP contribution in [0.25, 0.3) is 0 Å². The molecule has 132 valence electrons. The zero-order valence-corrected chi connectivity index (χ0v) is 15.4. The predicted molar refractivity (Wildman–Crippen MR) is 97.0 cm³/mol. The summed E-state index contributed by atoms with van der Waals surface area (Å²) in [5, 5.41) is 5.38. The summed E-state index contributed by atoms with van der Waals surface area (Å²) in [4.78, 5) is 30.3. The maximum Gasteiger partial charge on any atom is 0.357 e. The van der Waals surface area contributed by atoms with E-state index in [4.69, 9.17) is 0 Å². The molecule has 3 rings (SSSR count). The lowest BCUT2D eigenvalue weighted by atomic mass is 10.1. The number of nitrogens with zero attached hydrogens (tertiary/aromatic N) is 2. The minimum atomic E-state index is -0.458. The number of esters is 1. The molecule has 6 nitrogen and oxygen atoms in total. The third-order valence-corrected chi connectivity index (χ3v) is 4.96. The van der Waals surface area contributed by atoms with Crippen molar-refractivity contribution in [1.29, 1.82) is 0 Å². The Bertz CT molecular complexity index is 799. The van der Waals surface area contributed by atoms with E-state index in [1.807, 2.05) is 32.0 Å². The molecule has 1 aromatic carbocycles. The van der Waals surface area contributed by atoms with Crippen LogP contribution in [0.3, 0.4) is 0 Å². The Morgan fingerprint density at radius 1 is 1.36 bits per heavy atom. The number of benzene rings is 1. The average molecular weight is 359 g/mol. The molecule has 1 N–H and O–H groups in total. The molecule has 0 atom stereocenters. The van der Waals surface area contributed by atoms with Gasteiger partial charge >= 0.3 is 12.0 Å². The van der Waals surface area contributed by atoms with Crippen LogP contribution in [0.2, 0.25) is 0 Å². The minimum absolute atomic E-state index is 0.135. The highest BCUT2D eigenvalue weighted by Gasteiger charge is 2.33. The zero-order valence-electron chi connectivity index (χ0n) is 14.5. The molecule has 0 aliphatic heterocycles. The number of nitrogens with one attached hydrogen (secondary N) is 1. The second-order valence-corrected chi connectivity index (χ2v) is 7.17. The van der Waals surface area contributed by atoms with E-state index in [2.05, 4.69) is 15.0 Å². The molecule has 0 saturated heterocycles. The summed E-state index contributed by atoms with van der Waals surface area (Å²) >= 11 is 1.36. The number of aryl methyl sites for hydroxylation is 2. The molecule has 0 unspecified atom stereocenters. The van der Waals surface area contributed by atoms with Crippen LogP contribution in [0, 0.1) is 13.8 Å². The molecule has 1 saturated carbocycles. The van der Waals surface area contributed by atoms with Gasteiger partial charge in [0, 0.05) is 17.1 Å². The van der Waals surface area contributed by atoms with E-state index < -0.39 is 5.97 Å². The van der Waals surface area contributed by atoms with Crippen LogP contribution in [0.5, 0.6) is 0 Å². The zero-order chi connectivity index (χ0) is 18.0. The first-order chi connectivity index (χ1) is 12.0. The number of hydrogen-bond acceptors (Lipinski definition) is 5. The minimum Gasteiger partial charge on any atom is -0.464 e. The van der Waals surface area contributed by atoms with Crippen molar-refractivity contribution in [3.63, 3.8) is 0 Å². The van der Waals surface area contributed by atoms with E-state index in [1.165, 1.54) is 18.4 Å². The fourth-order valence-corrected chi connectivity index (χ4v) is 3.38. The van der Waals surface area contributed by atoms with Crippen molar-refractivity contribution in [2.24, 2.45) is 0 Å². The van der Waals surface area contributed by atoms with Gasteiger partial charge in [0.25, 0.3) is 0 Å². The number of anilines is 1. The molecular weight excluding hydrogens is 338 g/mol. The van der Waals surface area contributed by atoms with Gasteiger partial charge in [-0.2, -0.15) is 0 Å². The van der Waals surface area contributed by atoms with Crippen LogP contribution < -0.4 is 5.32 Å². The highest BCUT2D eigenvalue weighted by atomic mass is 32.1. The molecule has 25 heavy (non-hydrogen) atoms. The Hall–Kier alpha value is -2.41. The van der Waals surface area contributed by atoms with E-state index in [-0.39, 0.29) is 17.8 Å².